The SMILES string of the molecule is CCOC(=O)C1CCCN(S(=O)(=O)c2ccc(Cc3ccc4[nH]c(=O)cc(C(F)(F)F)c4c3)cc2)C1. The van der Waals surface area contributed by atoms with Crippen molar-refractivity contribution in [3.63, 3.8) is 0 Å². The summed E-state index contributed by atoms with van der Waals surface area (Å²) >= 11 is 0. The van der Waals surface area contributed by atoms with Crippen LogP contribution in [-0.2, 0) is 32.2 Å². The molecule has 0 aliphatic carbocycles. The van der Waals surface area contributed by atoms with E-state index in [4.69, 9.17) is 4.74 Å². The Morgan fingerprint density at radius 3 is 2.47 bits per heavy atom. The highest BCUT2D eigenvalue weighted by atomic mass is 32.2. The van der Waals surface area contributed by atoms with Gasteiger partial charge < -0.3 is 9.72 Å². The largest absolute Gasteiger partial charge is 0.466 e. The molecular weight excluding hydrogens is 497 g/mol. The third kappa shape index (κ3) is 5.46. The minimum atomic E-state index is -4.68. The molecule has 1 unspecified atom stereocenters. The predicted molar refractivity (Wildman–Crippen MR) is 127 cm³/mol. The van der Waals surface area contributed by atoms with Gasteiger partial charge in [-0.25, -0.2) is 8.42 Å². The first-order valence-electron chi connectivity index (χ1n) is 11.5. The summed E-state index contributed by atoms with van der Waals surface area (Å²) in [5.41, 5.74) is -0.477. The molecule has 0 amide bonds. The number of hydrogen-bond donors (Lipinski definition) is 1. The van der Waals surface area contributed by atoms with Gasteiger partial charge in [0.15, 0.2) is 0 Å². The lowest BCUT2D eigenvalue weighted by Gasteiger charge is -2.30. The van der Waals surface area contributed by atoms with E-state index in [-0.39, 0.29) is 35.4 Å². The number of ether oxygens (including phenoxy) is 1. The summed E-state index contributed by atoms with van der Waals surface area (Å²) in [6.07, 6.45) is -3.29. The van der Waals surface area contributed by atoms with Crippen LogP contribution >= 0.6 is 0 Å². The molecule has 11 heteroatoms. The quantitative estimate of drug-likeness (QED) is 0.492. The van der Waals surface area contributed by atoms with Crippen LogP contribution in [0, 0.1) is 5.92 Å². The zero-order valence-electron chi connectivity index (χ0n) is 19.5. The van der Waals surface area contributed by atoms with E-state index >= 15 is 0 Å². The Balaban J connectivity index is 1.54. The Morgan fingerprint density at radius 1 is 1.11 bits per heavy atom. The van der Waals surface area contributed by atoms with Crippen molar-refractivity contribution in [3.05, 3.63) is 75.6 Å². The summed E-state index contributed by atoms with van der Waals surface area (Å²) in [6.45, 7) is 2.30. The number of benzene rings is 2. The molecule has 2 heterocycles. The summed E-state index contributed by atoms with van der Waals surface area (Å²) in [4.78, 5) is 26.2. The van der Waals surface area contributed by atoms with Gasteiger partial charge in [0, 0.05) is 30.1 Å². The molecule has 7 nitrogen and oxygen atoms in total. The number of H-pyrrole nitrogens is 1. The molecule has 0 bridgehead atoms. The minimum absolute atomic E-state index is 0.0592. The number of rotatable bonds is 6. The maximum Gasteiger partial charge on any atom is 0.417 e. The van der Waals surface area contributed by atoms with Crippen LogP contribution in [0.25, 0.3) is 10.9 Å². The maximum absolute atomic E-state index is 13.4. The summed E-state index contributed by atoms with van der Waals surface area (Å²) in [5, 5.41) is -0.111. The van der Waals surface area contributed by atoms with E-state index < -0.39 is 39.2 Å². The molecule has 36 heavy (non-hydrogen) atoms. The molecule has 3 aromatic rings. The first kappa shape index (κ1) is 25.9. The van der Waals surface area contributed by atoms with E-state index in [0.29, 0.717) is 36.6 Å². The molecule has 1 aliphatic heterocycles. The molecule has 0 radical (unpaired) electrons. The van der Waals surface area contributed by atoms with E-state index in [9.17, 15) is 31.2 Å². The molecule has 1 aliphatic rings. The van der Waals surface area contributed by atoms with E-state index in [0.717, 1.165) is 0 Å². The third-order valence-electron chi connectivity index (χ3n) is 6.19. The second-order valence-electron chi connectivity index (χ2n) is 8.70. The van der Waals surface area contributed by atoms with Gasteiger partial charge in [-0.2, -0.15) is 17.5 Å². The molecule has 0 saturated carbocycles. The van der Waals surface area contributed by atoms with E-state index in [1.54, 1.807) is 25.1 Å². The number of alkyl halides is 3. The first-order chi connectivity index (χ1) is 17.0. The van der Waals surface area contributed by atoms with Crippen LogP contribution in [0.1, 0.15) is 36.5 Å². The van der Waals surface area contributed by atoms with Crippen molar-refractivity contribution in [2.75, 3.05) is 19.7 Å². The minimum Gasteiger partial charge on any atom is -0.466 e. The third-order valence-corrected chi connectivity index (χ3v) is 8.07. The molecule has 1 aromatic heterocycles. The fourth-order valence-electron chi connectivity index (χ4n) is 4.42. The van der Waals surface area contributed by atoms with Gasteiger partial charge >= 0.3 is 12.1 Å². The summed E-state index contributed by atoms with van der Waals surface area (Å²) in [6, 6.07) is 11.1. The normalized spacial score (nSPS) is 17.3. The molecule has 1 atom stereocenters. The van der Waals surface area contributed by atoms with Gasteiger partial charge in [-0.15, -0.1) is 0 Å². The number of carbonyl (C=O) groups is 1. The van der Waals surface area contributed by atoms with Gasteiger partial charge in [0.1, 0.15) is 0 Å². The Labute approximate surface area is 205 Å². The lowest BCUT2D eigenvalue weighted by molar-refractivity contribution is -0.149. The van der Waals surface area contributed by atoms with Crippen LogP contribution in [-0.4, -0.2) is 43.4 Å². The fraction of sp³-hybridized carbons (Fsp3) is 0.360. The molecule has 1 N–H and O–H groups in total. The number of aromatic amines is 1. The lowest BCUT2D eigenvalue weighted by Crippen LogP contribution is -2.42. The van der Waals surface area contributed by atoms with E-state index in [2.05, 4.69) is 4.98 Å². The number of nitrogens with one attached hydrogen (secondary N) is 1. The summed E-state index contributed by atoms with van der Waals surface area (Å²) in [7, 11) is -3.82. The number of carbonyl (C=O) groups excluding carboxylic acids is 1. The maximum atomic E-state index is 13.4. The molecule has 4 rings (SSSR count). The molecule has 2 aromatic carbocycles. The van der Waals surface area contributed by atoms with Gasteiger partial charge in [-0.3, -0.25) is 9.59 Å². The summed E-state index contributed by atoms with van der Waals surface area (Å²) < 4.78 is 72.9. The number of nitrogens with zero attached hydrogens (tertiary/aromatic N) is 1. The first-order valence-corrected chi connectivity index (χ1v) is 12.9. The van der Waals surface area contributed by atoms with Crippen molar-refractivity contribution in [1.82, 2.24) is 9.29 Å². The second-order valence-corrected chi connectivity index (χ2v) is 10.6. The number of aromatic nitrogens is 1. The monoisotopic (exact) mass is 522 g/mol. The van der Waals surface area contributed by atoms with Gasteiger partial charge in [0.2, 0.25) is 15.6 Å². The molecule has 1 saturated heterocycles. The molecule has 1 fully saturated rings. The number of hydrogen-bond acceptors (Lipinski definition) is 5. The van der Waals surface area contributed by atoms with Crippen LogP contribution in [0.5, 0.6) is 0 Å². The van der Waals surface area contributed by atoms with Gasteiger partial charge in [-0.1, -0.05) is 18.2 Å². The van der Waals surface area contributed by atoms with Crippen molar-refractivity contribution in [2.45, 2.75) is 37.3 Å². The number of halogens is 3. The standard InChI is InChI=1S/C25H25F3N2O5S/c1-2-35-24(32)18-4-3-11-30(15-18)36(33,34)19-8-5-16(6-9-19)12-17-7-10-22-20(13-17)21(25(26,27)28)14-23(31)29-22/h5-10,13-14,18H,2-4,11-12,15H2,1H3,(H,29,31). The van der Waals surface area contributed by atoms with Crippen LogP contribution in [0.4, 0.5) is 13.2 Å². The zero-order valence-corrected chi connectivity index (χ0v) is 20.3. The topological polar surface area (TPSA) is 96.5 Å². The number of esters is 1. The van der Waals surface area contributed by atoms with Crippen molar-refractivity contribution >= 4 is 26.9 Å². The summed E-state index contributed by atoms with van der Waals surface area (Å²) in [5.74, 6) is -0.905. The number of fused-ring (bicyclic) bond motifs is 1. The predicted octanol–water partition coefficient (Wildman–Crippen LogP) is 4.10. The highest BCUT2D eigenvalue weighted by Crippen LogP contribution is 2.34. The molecular formula is C25H25F3N2O5S. The van der Waals surface area contributed by atoms with Gasteiger partial charge in [0.05, 0.1) is 23.0 Å². The van der Waals surface area contributed by atoms with Crippen molar-refractivity contribution < 1.29 is 31.1 Å². The Hall–Kier alpha value is -3.18. The smallest absolute Gasteiger partial charge is 0.417 e. The Bertz CT molecular complexity index is 1430. The van der Waals surface area contributed by atoms with Crippen molar-refractivity contribution in [1.29, 1.82) is 0 Å². The number of piperidine rings is 1. The van der Waals surface area contributed by atoms with Crippen LogP contribution in [0.15, 0.2) is 58.2 Å². The number of sulfonamides is 1. The lowest BCUT2D eigenvalue weighted by atomic mass is 10.0. The highest BCUT2D eigenvalue weighted by Gasteiger charge is 2.34. The van der Waals surface area contributed by atoms with Crippen molar-refractivity contribution in [2.24, 2.45) is 5.92 Å². The second kappa shape index (κ2) is 10.1. The van der Waals surface area contributed by atoms with Gasteiger partial charge in [-0.05, 0) is 61.6 Å². The number of pyridine rings is 1. The Morgan fingerprint density at radius 2 is 1.81 bits per heavy atom. The average Bonchev–Trinajstić information content (AvgIpc) is 2.84. The van der Waals surface area contributed by atoms with E-state index in [1.807, 2.05) is 0 Å². The van der Waals surface area contributed by atoms with Crippen LogP contribution < -0.4 is 5.56 Å². The van der Waals surface area contributed by atoms with Crippen LogP contribution in [0.3, 0.4) is 0 Å². The van der Waals surface area contributed by atoms with Crippen LogP contribution in [0.2, 0.25) is 0 Å². The molecule has 192 valence electrons. The van der Waals surface area contributed by atoms with Crippen molar-refractivity contribution in [3.8, 4) is 0 Å². The zero-order chi connectivity index (χ0) is 26.1. The highest BCUT2D eigenvalue weighted by molar-refractivity contribution is 7.89. The van der Waals surface area contributed by atoms with Gasteiger partial charge in [0.25, 0.3) is 0 Å². The molecule has 0 spiro atoms. The average molecular weight is 523 g/mol. The fourth-order valence-corrected chi connectivity index (χ4v) is 5.95. The van der Waals surface area contributed by atoms with E-state index in [1.165, 1.54) is 28.6 Å². The Kier molecular flexibility index (Phi) is 7.24.